The van der Waals surface area contributed by atoms with E-state index in [4.69, 9.17) is 4.74 Å². The third-order valence-corrected chi connectivity index (χ3v) is 3.70. The van der Waals surface area contributed by atoms with Gasteiger partial charge in [0, 0.05) is 17.5 Å². The second kappa shape index (κ2) is 6.20. The van der Waals surface area contributed by atoms with Crippen molar-refractivity contribution in [3.63, 3.8) is 0 Å². The molecular formula is C18H18FN3O. The maximum atomic E-state index is 13.5. The van der Waals surface area contributed by atoms with Crippen LogP contribution in [0.4, 0.5) is 4.39 Å². The van der Waals surface area contributed by atoms with E-state index in [2.05, 4.69) is 10.1 Å². The van der Waals surface area contributed by atoms with Crippen molar-refractivity contribution in [2.45, 2.75) is 20.4 Å². The van der Waals surface area contributed by atoms with Gasteiger partial charge in [0.1, 0.15) is 11.6 Å². The molecule has 0 aliphatic carbocycles. The van der Waals surface area contributed by atoms with E-state index in [9.17, 15) is 4.39 Å². The quantitative estimate of drug-likeness (QED) is 0.736. The van der Waals surface area contributed by atoms with Crippen molar-refractivity contribution in [3.8, 4) is 17.0 Å². The van der Waals surface area contributed by atoms with Crippen molar-refractivity contribution in [2.75, 3.05) is 7.11 Å². The Labute approximate surface area is 134 Å². The minimum absolute atomic E-state index is 0.311. The van der Waals surface area contributed by atoms with Crippen molar-refractivity contribution < 1.29 is 9.13 Å². The molecule has 3 rings (SSSR count). The Morgan fingerprint density at radius 3 is 2.57 bits per heavy atom. The number of aryl methyl sites for hydroxylation is 2. The molecule has 0 bridgehead atoms. The summed E-state index contributed by atoms with van der Waals surface area (Å²) in [6, 6.07) is 10.3. The molecule has 0 aliphatic rings. The lowest BCUT2D eigenvalue weighted by Crippen LogP contribution is -2.04. The summed E-state index contributed by atoms with van der Waals surface area (Å²) in [7, 11) is 1.56. The van der Waals surface area contributed by atoms with E-state index in [1.54, 1.807) is 19.4 Å². The monoisotopic (exact) mass is 311 g/mol. The second-order valence-corrected chi connectivity index (χ2v) is 5.48. The first-order valence-corrected chi connectivity index (χ1v) is 7.36. The Kier molecular flexibility index (Phi) is 4.10. The lowest BCUT2D eigenvalue weighted by molar-refractivity contribution is 0.415. The third-order valence-electron chi connectivity index (χ3n) is 3.70. The number of ether oxygens (including phenoxy) is 1. The summed E-state index contributed by atoms with van der Waals surface area (Å²) >= 11 is 0. The summed E-state index contributed by atoms with van der Waals surface area (Å²) in [6.45, 7) is 4.66. The number of methoxy groups -OCH3 is 1. The number of hydrogen-bond acceptors (Lipinski definition) is 3. The van der Waals surface area contributed by atoms with Crippen molar-refractivity contribution in [3.05, 3.63) is 65.4 Å². The average Bonchev–Trinajstić information content (AvgIpc) is 2.85. The predicted molar refractivity (Wildman–Crippen MR) is 87.0 cm³/mol. The van der Waals surface area contributed by atoms with Crippen LogP contribution in [0.25, 0.3) is 11.3 Å². The molecule has 0 aliphatic heterocycles. The summed E-state index contributed by atoms with van der Waals surface area (Å²) < 4.78 is 20.7. The van der Waals surface area contributed by atoms with Crippen molar-refractivity contribution in [1.82, 2.24) is 14.8 Å². The van der Waals surface area contributed by atoms with Gasteiger partial charge in [-0.15, -0.1) is 0 Å². The van der Waals surface area contributed by atoms with Crippen LogP contribution >= 0.6 is 0 Å². The molecule has 0 saturated carbocycles. The van der Waals surface area contributed by atoms with Gasteiger partial charge in [-0.1, -0.05) is 6.07 Å². The molecule has 0 N–H and O–H groups in total. The number of nitrogens with zero attached hydrogens (tertiary/aromatic N) is 3. The van der Waals surface area contributed by atoms with E-state index in [1.165, 1.54) is 12.1 Å². The number of pyridine rings is 1. The van der Waals surface area contributed by atoms with Crippen LogP contribution in [0.2, 0.25) is 0 Å². The highest BCUT2D eigenvalue weighted by atomic mass is 19.1. The minimum Gasteiger partial charge on any atom is -0.496 e. The van der Waals surface area contributed by atoms with Gasteiger partial charge < -0.3 is 4.74 Å². The zero-order valence-corrected chi connectivity index (χ0v) is 13.4. The Bertz CT molecular complexity index is 825. The molecule has 4 nitrogen and oxygen atoms in total. The van der Waals surface area contributed by atoms with E-state index in [-0.39, 0.29) is 5.82 Å². The molecule has 1 aromatic carbocycles. The average molecular weight is 311 g/mol. The molecule has 0 unspecified atom stereocenters. The molecule has 0 amide bonds. The van der Waals surface area contributed by atoms with E-state index in [0.717, 1.165) is 17.0 Å². The molecule has 2 aromatic heterocycles. The summed E-state index contributed by atoms with van der Waals surface area (Å²) in [5, 5.41) is 4.44. The molecule has 0 saturated heterocycles. The third kappa shape index (κ3) is 3.23. The molecule has 0 fully saturated rings. The standard InChI is InChI=1S/C18H18FN3O/c1-12-8-13(2)22(21-12)11-14-4-6-17(20-10-14)16-9-15(19)5-7-18(16)23-3/h4-10H,11H2,1-3H3. The van der Waals surface area contributed by atoms with Gasteiger partial charge in [0.05, 0.1) is 25.0 Å². The number of aromatic nitrogens is 3. The molecule has 23 heavy (non-hydrogen) atoms. The predicted octanol–water partition coefficient (Wildman–Crippen LogP) is 3.76. The lowest BCUT2D eigenvalue weighted by Gasteiger charge is -2.09. The Morgan fingerprint density at radius 2 is 1.96 bits per heavy atom. The normalized spacial score (nSPS) is 10.8. The highest BCUT2D eigenvalue weighted by Gasteiger charge is 2.09. The van der Waals surface area contributed by atoms with Crippen molar-refractivity contribution in [1.29, 1.82) is 0 Å². The van der Waals surface area contributed by atoms with E-state index < -0.39 is 0 Å². The largest absolute Gasteiger partial charge is 0.496 e. The van der Waals surface area contributed by atoms with Gasteiger partial charge in [-0.2, -0.15) is 5.10 Å². The molecule has 0 spiro atoms. The fourth-order valence-corrected chi connectivity index (χ4v) is 2.57. The summed E-state index contributed by atoms with van der Waals surface area (Å²) in [5.74, 6) is 0.291. The van der Waals surface area contributed by atoms with Crippen LogP contribution in [0, 0.1) is 19.7 Å². The zero-order valence-electron chi connectivity index (χ0n) is 13.4. The number of benzene rings is 1. The first-order chi connectivity index (χ1) is 11.1. The Morgan fingerprint density at radius 1 is 1.13 bits per heavy atom. The summed E-state index contributed by atoms with van der Waals surface area (Å²) in [5.41, 5.74) is 4.47. The minimum atomic E-state index is -0.311. The van der Waals surface area contributed by atoms with E-state index >= 15 is 0 Å². The van der Waals surface area contributed by atoms with E-state index in [1.807, 2.05) is 36.7 Å². The van der Waals surface area contributed by atoms with Crippen LogP contribution in [-0.2, 0) is 6.54 Å². The van der Waals surface area contributed by atoms with Crippen LogP contribution < -0.4 is 4.74 Å². The number of hydrogen-bond donors (Lipinski definition) is 0. The lowest BCUT2D eigenvalue weighted by atomic mass is 10.1. The zero-order chi connectivity index (χ0) is 16.4. The molecule has 118 valence electrons. The topological polar surface area (TPSA) is 39.9 Å². The van der Waals surface area contributed by atoms with Gasteiger partial charge in [-0.3, -0.25) is 9.67 Å². The van der Waals surface area contributed by atoms with Gasteiger partial charge in [0.15, 0.2) is 0 Å². The number of halogens is 1. The molecule has 2 heterocycles. The first-order valence-electron chi connectivity index (χ1n) is 7.36. The fraction of sp³-hybridized carbons (Fsp3) is 0.222. The summed E-state index contributed by atoms with van der Waals surface area (Å²) in [6.07, 6.45) is 1.79. The SMILES string of the molecule is COc1ccc(F)cc1-c1ccc(Cn2nc(C)cc2C)cn1. The Balaban J connectivity index is 1.88. The molecule has 0 atom stereocenters. The molecule has 5 heteroatoms. The van der Waals surface area contributed by atoms with Crippen LogP contribution in [0.3, 0.4) is 0 Å². The van der Waals surface area contributed by atoms with Gasteiger partial charge in [-0.25, -0.2) is 4.39 Å². The smallest absolute Gasteiger partial charge is 0.128 e. The fourth-order valence-electron chi connectivity index (χ4n) is 2.57. The highest BCUT2D eigenvalue weighted by Crippen LogP contribution is 2.29. The van der Waals surface area contributed by atoms with Crippen molar-refractivity contribution >= 4 is 0 Å². The van der Waals surface area contributed by atoms with Crippen LogP contribution in [0.5, 0.6) is 5.75 Å². The molecular weight excluding hydrogens is 293 g/mol. The van der Waals surface area contributed by atoms with Gasteiger partial charge in [-0.05, 0) is 49.7 Å². The molecule has 3 aromatic rings. The van der Waals surface area contributed by atoms with Crippen LogP contribution in [0.15, 0.2) is 42.6 Å². The van der Waals surface area contributed by atoms with Crippen LogP contribution in [0.1, 0.15) is 17.0 Å². The maximum Gasteiger partial charge on any atom is 0.128 e. The van der Waals surface area contributed by atoms with Crippen LogP contribution in [-0.4, -0.2) is 21.9 Å². The van der Waals surface area contributed by atoms with E-state index in [0.29, 0.717) is 23.6 Å². The number of rotatable bonds is 4. The van der Waals surface area contributed by atoms with Gasteiger partial charge >= 0.3 is 0 Å². The van der Waals surface area contributed by atoms with Gasteiger partial charge in [0.2, 0.25) is 0 Å². The summed E-state index contributed by atoms with van der Waals surface area (Å²) in [4.78, 5) is 4.44. The van der Waals surface area contributed by atoms with Crippen molar-refractivity contribution in [2.24, 2.45) is 0 Å². The molecule has 0 radical (unpaired) electrons. The first kappa shape index (κ1) is 15.2. The Hall–Kier alpha value is -2.69. The highest BCUT2D eigenvalue weighted by molar-refractivity contribution is 5.67. The maximum absolute atomic E-state index is 13.5. The second-order valence-electron chi connectivity index (χ2n) is 5.48. The van der Waals surface area contributed by atoms with Gasteiger partial charge in [0.25, 0.3) is 0 Å².